The summed E-state index contributed by atoms with van der Waals surface area (Å²) in [5, 5.41) is 0. The minimum atomic E-state index is 0.489. The number of hydrogen-bond acceptors (Lipinski definition) is 1. The van der Waals surface area contributed by atoms with E-state index in [4.69, 9.17) is 4.74 Å². The average molecular weight is 196 g/mol. The Hall–Kier alpha value is -0.0400. The minimum absolute atomic E-state index is 0.489. The van der Waals surface area contributed by atoms with E-state index in [1.165, 1.54) is 25.7 Å². The Morgan fingerprint density at radius 1 is 1.21 bits per heavy atom. The molecule has 1 heterocycles. The third-order valence-electron chi connectivity index (χ3n) is 4.51. The normalized spacial score (nSPS) is 45.4. The summed E-state index contributed by atoms with van der Waals surface area (Å²) in [7, 11) is 0. The maximum Gasteiger partial charge on any atom is 0.0614 e. The molecule has 0 amide bonds. The summed E-state index contributed by atoms with van der Waals surface area (Å²) >= 11 is 0. The van der Waals surface area contributed by atoms with Crippen molar-refractivity contribution in [2.24, 2.45) is 16.7 Å². The number of fused-ring (bicyclic) bond motifs is 1. The van der Waals surface area contributed by atoms with Crippen molar-refractivity contribution < 1.29 is 4.74 Å². The van der Waals surface area contributed by atoms with Crippen LogP contribution in [0.5, 0.6) is 0 Å². The van der Waals surface area contributed by atoms with E-state index >= 15 is 0 Å². The lowest BCUT2D eigenvalue weighted by atomic mass is 9.70. The molecule has 1 nitrogen and oxygen atoms in total. The fourth-order valence-corrected chi connectivity index (χ4v) is 3.90. The summed E-state index contributed by atoms with van der Waals surface area (Å²) < 4.78 is 6.00. The van der Waals surface area contributed by atoms with Crippen LogP contribution in [-0.2, 0) is 4.74 Å². The van der Waals surface area contributed by atoms with Gasteiger partial charge in [0.15, 0.2) is 0 Å². The molecule has 3 unspecified atom stereocenters. The van der Waals surface area contributed by atoms with E-state index in [-0.39, 0.29) is 0 Å². The van der Waals surface area contributed by atoms with Crippen LogP contribution >= 0.6 is 0 Å². The molecule has 1 saturated carbocycles. The fraction of sp³-hybridized carbons (Fsp3) is 1.00. The molecule has 1 heteroatoms. The first-order valence-corrected chi connectivity index (χ1v) is 6.11. The lowest BCUT2D eigenvalue weighted by molar-refractivity contribution is 0.0474. The van der Waals surface area contributed by atoms with Crippen molar-refractivity contribution in [3.63, 3.8) is 0 Å². The van der Waals surface area contributed by atoms with Crippen LogP contribution in [0.25, 0.3) is 0 Å². The molecule has 2 aliphatic rings. The minimum Gasteiger partial charge on any atom is -0.377 e. The first-order chi connectivity index (χ1) is 6.49. The van der Waals surface area contributed by atoms with Gasteiger partial charge < -0.3 is 4.74 Å². The maximum absolute atomic E-state index is 6.00. The smallest absolute Gasteiger partial charge is 0.0614 e. The van der Waals surface area contributed by atoms with Crippen LogP contribution in [-0.4, -0.2) is 12.7 Å². The van der Waals surface area contributed by atoms with Crippen LogP contribution in [0.1, 0.15) is 53.4 Å². The van der Waals surface area contributed by atoms with E-state index in [0.717, 1.165) is 12.5 Å². The molecular formula is C13H24O. The Balaban J connectivity index is 2.19. The quantitative estimate of drug-likeness (QED) is 0.655. The molecule has 0 bridgehead atoms. The van der Waals surface area contributed by atoms with Crippen molar-refractivity contribution in [1.82, 2.24) is 0 Å². The Kier molecular flexibility index (Phi) is 2.42. The molecule has 2 rings (SSSR count). The highest BCUT2D eigenvalue weighted by Crippen LogP contribution is 2.59. The summed E-state index contributed by atoms with van der Waals surface area (Å²) in [6, 6.07) is 0. The Labute approximate surface area is 88.2 Å². The van der Waals surface area contributed by atoms with Crippen LogP contribution in [0.2, 0.25) is 0 Å². The van der Waals surface area contributed by atoms with Gasteiger partial charge in [-0.1, -0.05) is 34.1 Å². The molecular weight excluding hydrogens is 172 g/mol. The van der Waals surface area contributed by atoms with E-state index in [1.807, 2.05) is 0 Å². The van der Waals surface area contributed by atoms with Crippen LogP contribution in [0, 0.1) is 16.7 Å². The Morgan fingerprint density at radius 2 is 1.93 bits per heavy atom. The first kappa shape index (κ1) is 10.5. The van der Waals surface area contributed by atoms with Crippen LogP contribution in [0.4, 0.5) is 0 Å². The van der Waals surface area contributed by atoms with E-state index in [1.54, 1.807) is 0 Å². The summed E-state index contributed by atoms with van der Waals surface area (Å²) in [6.07, 6.45) is 5.81. The van der Waals surface area contributed by atoms with Crippen molar-refractivity contribution in [3.8, 4) is 0 Å². The Bertz CT molecular complexity index is 221. The van der Waals surface area contributed by atoms with Gasteiger partial charge in [-0.25, -0.2) is 0 Å². The topological polar surface area (TPSA) is 9.23 Å². The van der Waals surface area contributed by atoms with Gasteiger partial charge in [-0.05, 0) is 36.0 Å². The first-order valence-electron chi connectivity index (χ1n) is 6.11. The number of rotatable bonds is 2. The fourth-order valence-electron chi connectivity index (χ4n) is 3.90. The van der Waals surface area contributed by atoms with Crippen molar-refractivity contribution in [2.75, 3.05) is 6.61 Å². The van der Waals surface area contributed by atoms with Gasteiger partial charge >= 0.3 is 0 Å². The second-order valence-corrected chi connectivity index (χ2v) is 6.26. The monoisotopic (exact) mass is 196 g/mol. The molecule has 0 aromatic carbocycles. The SMILES string of the molecule is CCCC1OCC2(C)CCC(C)(C)C12. The molecule has 82 valence electrons. The predicted octanol–water partition coefficient (Wildman–Crippen LogP) is 3.63. The van der Waals surface area contributed by atoms with Gasteiger partial charge in [-0.3, -0.25) is 0 Å². The van der Waals surface area contributed by atoms with Gasteiger partial charge in [0.1, 0.15) is 0 Å². The molecule has 3 atom stereocenters. The number of ether oxygens (including phenoxy) is 1. The third kappa shape index (κ3) is 1.41. The van der Waals surface area contributed by atoms with Gasteiger partial charge in [0.2, 0.25) is 0 Å². The summed E-state index contributed by atoms with van der Waals surface area (Å²) in [4.78, 5) is 0. The second kappa shape index (κ2) is 3.23. The van der Waals surface area contributed by atoms with E-state index < -0.39 is 0 Å². The zero-order valence-corrected chi connectivity index (χ0v) is 10.1. The van der Waals surface area contributed by atoms with Crippen LogP contribution < -0.4 is 0 Å². The van der Waals surface area contributed by atoms with Crippen molar-refractivity contribution >= 4 is 0 Å². The maximum atomic E-state index is 6.00. The van der Waals surface area contributed by atoms with Crippen molar-refractivity contribution in [1.29, 1.82) is 0 Å². The Morgan fingerprint density at radius 3 is 2.57 bits per heavy atom. The second-order valence-electron chi connectivity index (χ2n) is 6.26. The molecule has 0 aromatic rings. The van der Waals surface area contributed by atoms with E-state index in [9.17, 15) is 0 Å². The van der Waals surface area contributed by atoms with Crippen molar-refractivity contribution in [3.05, 3.63) is 0 Å². The highest BCUT2D eigenvalue weighted by atomic mass is 16.5. The van der Waals surface area contributed by atoms with Gasteiger partial charge in [0.25, 0.3) is 0 Å². The molecule has 0 aromatic heterocycles. The number of hydrogen-bond donors (Lipinski definition) is 0. The molecule has 14 heavy (non-hydrogen) atoms. The van der Waals surface area contributed by atoms with Crippen LogP contribution in [0.15, 0.2) is 0 Å². The molecule has 1 aliphatic heterocycles. The summed E-state index contributed by atoms with van der Waals surface area (Å²) in [6.45, 7) is 10.6. The molecule has 1 aliphatic carbocycles. The van der Waals surface area contributed by atoms with Crippen LogP contribution in [0.3, 0.4) is 0 Å². The molecule has 0 N–H and O–H groups in total. The zero-order valence-electron chi connectivity index (χ0n) is 10.1. The molecule has 0 radical (unpaired) electrons. The molecule has 2 fully saturated rings. The van der Waals surface area contributed by atoms with Gasteiger partial charge in [0.05, 0.1) is 12.7 Å². The van der Waals surface area contributed by atoms with E-state index in [2.05, 4.69) is 27.7 Å². The highest BCUT2D eigenvalue weighted by molar-refractivity contribution is 5.05. The standard InChI is InChI=1S/C13H24O/c1-5-6-10-11-12(2,3)7-8-13(11,4)9-14-10/h10-11H,5-9H2,1-4H3. The summed E-state index contributed by atoms with van der Waals surface area (Å²) in [5.74, 6) is 0.801. The lowest BCUT2D eigenvalue weighted by Crippen LogP contribution is -2.33. The third-order valence-corrected chi connectivity index (χ3v) is 4.51. The molecule has 1 saturated heterocycles. The van der Waals surface area contributed by atoms with E-state index in [0.29, 0.717) is 16.9 Å². The predicted molar refractivity (Wildman–Crippen MR) is 59.3 cm³/mol. The zero-order chi connectivity index (χ0) is 10.4. The van der Waals surface area contributed by atoms with Gasteiger partial charge in [-0.15, -0.1) is 0 Å². The van der Waals surface area contributed by atoms with Gasteiger partial charge in [-0.2, -0.15) is 0 Å². The summed E-state index contributed by atoms with van der Waals surface area (Å²) in [5.41, 5.74) is 0.994. The van der Waals surface area contributed by atoms with Crippen molar-refractivity contribution in [2.45, 2.75) is 59.5 Å². The molecule has 0 spiro atoms. The largest absolute Gasteiger partial charge is 0.377 e. The van der Waals surface area contributed by atoms with Gasteiger partial charge in [0, 0.05) is 0 Å². The average Bonchev–Trinajstić information content (AvgIpc) is 2.53. The highest BCUT2D eigenvalue weighted by Gasteiger charge is 2.56. The lowest BCUT2D eigenvalue weighted by Gasteiger charge is -2.34.